The van der Waals surface area contributed by atoms with E-state index < -0.39 is 21.3 Å². The van der Waals surface area contributed by atoms with Gasteiger partial charge in [0.2, 0.25) is 10.0 Å². The Bertz CT molecular complexity index is 619. The number of hydrogen-bond acceptors (Lipinski definition) is 4. The maximum Gasteiger partial charge on any atom is 0.314 e. The summed E-state index contributed by atoms with van der Waals surface area (Å²) in [6, 6.07) is 7.67. The molecule has 4 N–H and O–H groups in total. The average molecular weight is 342 g/mol. The van der Waals surface area contributed by atoms with E-state index in [0.717, 1.165) is 12.2 Å². The summed E-state index contributed by atoms with van der Waals surface area (Å²) in [5.74, 6) is 0. The molecule has 0 heterocycles. The van der Waals surface area contributed by atoms with Crippen molar-refractivity contribution in [1.82, 2.24) is 10.6 Å². The molecular weight excluding hydrogens is 316 g/mol. The summed E-state index contributed by atoms with van der Waals surface area (Å²) in [6.45, 7) is 7.49. The van der Waals surface area contributed by atoms with Crippen molar-refractivity contribution in [2.24, 2.45) is 5.14 Å². The molecule has 7 nitrogen and oxygen atoms in total. The minimum atomic E-state index is -3.63. The lowest BCUT2D eigenvalue weighted by Gasteiger charge is -2.25. The summed E-state index contributed by atoms with van der Waals surface area (Å²) in [6.07, 6.45) is 0. The third kappa shape index (κ3) is 6.45. The van der Waals surface area contributed by atoms with Crippen molar-refractivity contribution < 1.29 is 13.2 Å². The highest BCUT2D eigenvalue weighted by atomic mass is 32.2. The second-order valence-electron chi connectivity index (χ2n) is 5.40. The third-order valence-electron chi connectivity index (χ3n) is 3.62. The molecule has 1 unspecified atom stereocenters. The van der Waals surface area contributed by atoms with Gasteiger partial charge in [-0.15, -0.1) is 0 Å². The molecule has 8 heteroatoms. The lowest BCUT2D eigenvalue weighted by molar-refractivity contribution is 0.241. The predicted molar refractivity (Wildman–Crippen MR) is 93.0 cm³/mol. The number of primary sulfonamides is 1. The van der Waals surface area contributed by atoms with E-state index in [0.29, 0.717) is 13.1 Å². The number of anilines is 1. The van der Waals surface area contributed by atoms with Gasteiger partial charge in [0.1, 0.15) is 0 Å². The number of rotatable bonds is 8. The highest BCUT2D eigenvalue weighted by Gasteiger charge is 2.16. The SMILES string of the molecule is CCN(CCNC(=O)NCC(C)S(N)(=O)=O)c1ccccc1C. The standard InChI is InChI=1S/C15H26N4O3S/c1-4-19(14-8-6-5-7-12(14)2)10-9-17-15(20)18-11-13(3)23(16,21)22/h5-8,13H,4,9-11H2,1-3H3,(H2,16,21,22)(H2,17,18,20). The number of carbonyl (C=O) groups excluding carboxylic acids is 1. The number of urea groups is 1. The fourth-order valence-electron chi connectivity index (χ4n) is 2.09. The summed E-state index contributed by atoms with van der Waals surface area (Å²) < 4.78 is 22.1. The predicted octanol–water partition coefficient (Wildman–Crippen LogP) is 0.798. The van der Waals surface area contributed by atoms with Crippen LogP contribution in [0.15, 0.2) is 24.3 Å². The Morgan fingerprint density at radius 1 is 1.30 bits per heavy atom. The van der Waals surface area contributed by atoms with Crippen LogP contribution in [0.4, 0.5) is 10.5 Å². The number of aryl methyl sites for hydroxylation is 1. The molecule has 0 aliphatic carbocycles. The molecule has 0 aliphatic heterocycles. The van der Waals surface area contributed by atoms with Gasteiger partial charge in [0, 0.05) is 31.9 Å². The molecule has 0 radical (unpaired) electrons. The molecule has 1 rings (SSSR count). The van der Waals surface area contributed by atoms with Crippen molar-refractivity contribution in [3.63, 3.8) is 0 Å². The van der Waals surface area contributed by atoms with Crippen molar-refractivity contribution in [2.45, 2.75) is 26.0 Å². The van der Waals surface area contributed by atoms with Gasteiger partial charge in [-0.2, -0.15) is 0 Å². The molecule has 1 aromatic rings. The lowest BCUT2D eigenvalue weighted by atomic mass is 10.2. The van der Waals surface area contributed by atoms with Crippen LogP contribution in [0.1, 0.15) is 19.4 Å². The summed E-state index contributed by atoms with van der Waals surface area (Å²) in [4.78, 5) is 13.8. The molecule has 1 aromatic carbocycles. The first kappa shape index (κ1) is 19.2. The molecule has 0 bridgehead atoms. The zero-order valence-electron chi connectivity index (χ0n) is 13.9. The molecule has 2 amide bonds. The number of benzene rings is 1. The fourth-order valence-corrected chi connectivity index (χ4v) is 2.40. The maximum atomic E-state index is 11.7. The van der Waals surface area contributed by atoms with Crippen LogP contribution in [-0.4, -0.2) is 45.9 Å². The summed E-state index contributed by atoms with van der Waals surface area (Å²) in [7, 11) is -3.63. The van der Waals surface area contributed by atoms with Crippen molar-refractivity contribution in [3.8, 4) is 0 Å². The van der Waals surface area contributed by atoms with Gasteiger partial charge in [0.25, 0.3) is 0 Å². The molecule has 0 saturated carbocycles. The summed E-state index contributed by atoms with van der Waals surface area (Å²) in [5.41, 5.74) is 2.32. The molecule has 0 fully saturated rings. The van der Waals surface area contributed by atoms with E-state index in [1.54, 1.807) is 0 Å². The Hall–Kier alpha value is -1.80. The molecular formula is C15H26N4O3S. The Morgan fingerprint density at radius 2 is 1.96 bits per heavy atom. The Balaban J connectivity index is 2.40. The van der Waals surface area contributed by atoms with Gasteiger partial charge < -0.3 is 15.5 Å². The van der Waals surface area contributed by atoms with Gasteiger partial charge in [-0.1, -0.05) is 18.2 Å². The quantitative estimate of drug-likeness (QED) is 0.650. The molecule has 1 atom stereocenters. The molecule has 0 aliphatic rings. The molecule has 0 saturated heterocycles. The van der Waals surface area contributed by atoms with Gasteiger partial charge >= 0.3 is 6.03 Å². The first-order chi connectivity index (χ1) is 10.8. The average Bonchev–Trinajstić information content (AvgIpc) is 2.49. The van der Waals surface area contributed by atoms with Gasteiger partial charge in [-0.05, 0) is 32.4 Å². The van der Waals surface area contributed by atoms with Crippen LogP contribution >= 0.6 is 0 Å². The molecule has 130 valence electrons. The first-order valence-electron chi connectivity index (χ1n) is 7.59. The largest absolute Gasteiger partial charge is 0.370 e. The van der Waals surface area contributed by atoms with Crippen molar-refractivity contribution in [2.75, 3.05) is 31.1 Å². The normalized spacial score (nSPS) is 12.5. The van der Waals surface area contributed by atoms with E-state index in [2.05, 4.69) is 22.5 Å². The highest BCUT2D eigenvalue weighted by molar-refractivity contribution is 7.89. The van der Waals surface area contributed by atoms with Crippen LogP contribution in [0.5, 0.6) is 0 Å². The van der Waals surface area contributed by atoms with E-state index in [4.69, 9.17) is 5.14 Å². The van der Waals surface area contributed by atoms with Crippen molar-refractivity contribution in [3.05, 3.63) is 29.8 Å². The summed E-state index contributed by atoms with van der Waals surface area (Å²) >= 11 is 0. The van der Waals surface area contributed by atoms with E-state index >= 15 is 0 Å². The van der Waals surface area contributed by atoms with Crippen molar-refractivity contribution >= 4 is 21.7 Å². The lowest BCUT2D eigenvalue weighted by Crippen LogP contribution is -2.44. The Morgan fingerprint density at radius 3 is 2.52 bits per heavy atom. The minimum absolute atomic E-state index is 0.0139. The monoisotopic (exact) mass is 342 g/mol. The van der Waals surface area contributed by atoms with Crippen LogP contribution in [0, 0.1) is 6.92 Å². The van der Waals surface area contributed by atoms with Crippen LogP contribution in [0.2, 0.25) is 0 Å². The zero-order valence-corrected chi connectivity index (χ0v) is 14.7. The van der Waals surface area contributed by atoms with Gasteiger partial charge in [-0.25, -0.2) is 18.4 Å². The first-order valence-corrected chi connectivity index (χ1v) is 9.20. The van der Waals surface area contributed by atoms with Gasteiger partial charge in [0.05, 0.1) is 5.25 Å². The highest BCUT2D eigenvalue weighted by Crippen LogP contribution is 2.18. The van der Waals surface area contributed by atoms with E-state index in [1.165, 1.54) is 12.5 Å². The molecule has 0 spiro atoms. The number of nitrogens with one attached hydrogen (secondary N) is 2. The smallest absolute Gasteiger partial charge is 0.314 e. The number of carbonyl (C=O) groups is 1. The minimum Gasteiger partial charge on any atom is -0.370 e. The van der Waals surface area contributed by atoms with Crippen LogP contribution < -0.4 is 20.7 Å². The third-order valence-corrected chi connectivity index (χ3v) is 4.90. The molecule has 0 aromatic heterocycles. The van der Waals surface area contributed by atoms with Crippen LogP contribution in [0.25, 0.3) is 0 Å². The van der Waals surface area contributed by atoms with Crippen LogP contribution in [-0.2, 0) is 10.0 Å². The fraction of sp³-hybridized carbons (Fsp3) is 0.533. The number of hydrogen-bond donors (Lipinski definition) is 3. The van der Waals surface area contributed by atoms with Gasteiger partial charge in [-0.3, -0.25) is 0 Å². The number of nitrogens with two attached hydrogens (primary N) is 1. The van der Waals surface area contributed by atoms with E-state index in [9.17, 15) is 13.2 Å². The second kappa shape index (κ2) is 8.73. The maximum absolute atomic E-state index is 11.7. The van der Waals surface area contributed by atoms with E-state index in [-0.39, 0.29) is 6.54 Å². The number of nitrogens with zero attached hydrogens (tertiary/aromatic N) is 1. The number of likely N-dealkylation sites (N-methyl/N-ethyl adjacent to an activating group) is 1. The topological polar surface area (TPSA) is 105 Å². The number of amides is 2. The van der Waals surface area contributed by atoms with Gasteiger partial charge in [0.15, 0.2) is 0 Å². The van der Waals surface area contributed by atoms with E-state index in [1.807, 2.05) is 31.2 Å². The number of sulfonamides is 1. The van der Waals surface area contributed by atoms with Crippen molar-refractivity contribution in [1.29, 1.82) is 0 Å². The van der Waals surface area contributed by atoms with Crippen LogP contribution in [0.3, 0.4) is 0 Å². The summed E-state index contributed by atoms with van der Waals surface area (Å²) in [5, 5.41) is 9.40. The Kier molecular flexibility index (Phi) is 7.31. The molecule has 23 heavy (non-hydrogen) atoms. The number of para-hydroxylation sites is 1. The zero-order chi connectivity index (χ0) is 17.5. The second-order valence-corrected chi connectivity index (χ2v) is 7.39. The Labute approximate surface area is 138 Å².